The first-order valence-electron chi connectivity index (χ1n) is 13.5. The molecule has 1 heterocycles. The van der Waals surface area contributed by atoms with Crippen LogP contribution in [0.15, 0.2) is 42.5 Å². The zero-order valence-corrected chi connectivity index (χ0v) is 22.7. The minimum Gasteiger partial charge on any atom is -0.481 e. The number of benzene rings is 2. The van der Waals surface area contributed by atoms with E-state index >= 15 is 0 Å². The second kappa shape index (κ2) is 12.3. The first-order chi connectivity index (χ1) is 18.1. The van der Waals surface area contributed by atoms with Crippen LogP contribution in [0.4, 0.5) is 26.3 Å². The maximum absolute atomic E-state index is 14.1. The van der Waals surface area contributed by atoms with Crippen LogP contribution in [0.1, 0.15) is 88.4 Å². The maximum Gasteiger partial charge on any atom is 0.416 e. The van der Waals surface area contributed by atoms with E-state index in [0.29, 0.717) is 47.9 Å². The summed E-state index contributed by atoms with van der Waals surface area (Å²) in [5, 5.41) is 10.0. The number of rotatable bonds is 9. The standard InChI is InChI=1S/C30H37F6NO2/c1-18(2)12-13-37-26(6-5-7-27(37)30(34,35)36)23-16-21(20-8-10-24(11-9-20)29(31,32)33)15-22(17-23)25(28(38)39)14-19(3)4/h8-11,15-19,25-27H,5-7,12-14H2,1-4H3,(H,38,39)/t25?,26-,27+/m0/s1. The van der Waals surface area contributed by atoms with Crippen molar-refractivity contribution in [2.24, 2.45) is 11.8 Å². The number of hydrogen-bond acceptors (Lipinski definition) is 2. The molecule has 2 aromatic rings. The molecule has 0 amide bonds. The van der Waals surface area contributed by atoms with Gasteiger partial charge in [0.1, 0.15) is 6.04 Å². The van der Waals surface area contributed by atoms with Gasteiger partial charge in [-0.15, -0.1) is 0 Å². The van der Waals surface area contributed by atoms with Crippen molar-refractivity contribution in [2.45, 2.75) is 90.2 Å². The molecule has 1 aliphatic rings. The van der Waals surface area contributed by atoms with E-state index < -0.39 is 41.9 Å². The second-order valence-electron chi connectivity index (χ2n) is 11.4. The van der Waals surface area contributed by atoms with Crippen LogP contribution in [0.3, 0.4) is 0 Å². The van der Waals surface area contributed by atoms with Gasteiger partial charge < -0.3 is 5.11 Å². The summed E-state index contributed by atoms with van der Waals surface area (Å²) in [7, 11) is 0. The predicted molar refractivity (Wildman–Crippen MR) is 139 cm³/mol. The number of halogens is 6. The van der Waals surface area contributed by atoms with Crippen molar-refractivity contribution in [2.75, 3.05) is 6.54 Å². The molecular weight excluding hydrogens is 520 g/mol. The van der Waals surface area contributed by atoms with Crippen LogP contribution in [0, 0.1) is 11.8 Å². The Kier molecular flexibility index (Phi) is 9.78. The molecule has 0 saturated carbocycles. The Balaban J connectivity index is 2.16. The van der Waals surface area contributed by atoms with Crippen molar-refractivity contribution >= 4 is 5.97 Å². The van der Waals surface area contributed by atoms with Gasteiger partial charge in [-0.2, -0.15) is 26.3 Å². The fraction of sp³-hybridized carbons (Fsp3) is 0.567. The van der Waals surface area contributed by atoms with Crippen LogP contribution in [0.5, 0.6) is 0 Å². The molecule has 216 valence electrons. The third-order valence-electron chi connectivity index (χ3n) is 7.41. The Morgan fingerprint density at radius 3 is 2.08 bits per heavy atom. The lowest BCUT2D eigenvalue weighted by molar-refractivity contribution is -0.200. The molecule has 0 aliphatic carbocycles. The molecule has 2 aromatic carbocycles. The van der Waals surface area contributed by atoms with E-state index in [1.165, 1.54) is 17.0 Å². The van der Waals surface area contributed by atoms with Crippen molar-refractivity contribution in [3.8, 4) is 11.1 Å². The Morgan fingerprint density at radius 2 is 1.56 bits per heavy atom. The Labute approximate surface area is 226 Å². The van der Waals surface area contributed by atoms with Gasteiger partial charge in [0.05, 0.1) is 11.5 Å². The van der Waals surface area contributed by atoms with E-state index in [1.54, 1.807) is 18.2 Å². The molecule has 39 heavy (non-hydrogen) atoms. The summed E-state index contributed by atoms with van der Waals surface area (Å²) in [5.74, 6) is -1.72. The zero-order chi connectivity index (χ0) is 29.1. The summed E-state index contributed by atoms with van der Waals surface area (Å²) < 4.78 is 81.8. The third-order valence-corrected chi connectivity index (χ3v) is 7.41. The predicted octanol–water partition coefficient (Wildman–Crippen LogP) is 9.09. The topological polar surface area (TPSA) is 40.5 Å². The molecule has 1 unspecified atom stereocenters. The highest BCUT2D eigenvalue weighted by molar-refractivity contribution is 5.77. The number of carbonyl (C=O) groups is 1. The number of piperidine rings is 1. The zero-order valence-electron chi connectivity index (χ0n) is 22.7. The normalized spacial score (nSPS) is 20.0. The quantitative estimate of drug-likeness (QED) is 0.313. The first kappa shape index (κ1) is 31.0. The summed E-state index contributed by atoms with van der Waals surface area (Å²) in [4.78, 5) is 13.8. The minimum absolute atomic E-state index is 0.00531. The number of alkyl halides is 6. The Morgan fingerprint density at radius 1 is 0.923 bits per heavy atom. The van der Waals surface area contributed by atoms with Gasteiger partial charge in [0, 0.05) is 6.04 Å². The van der Waals surface area contributed by atoms with E-state index in [9.17, 15) is 36.2 Å². The van der Waals surface area contributed by atoms with E-state index in [-0.39, 0.29) is 24.8 Å². The SMILES string of the molecule is CC(C)CCN1[C@H](c2cc(-c3ccc(C(F)(F)F)cc3)cc(C(CC(C)C)C(=O)O)c2)CCC[C@@H]1C(F)(F)F. The maximum atomic E-state index is 14.1. The summed E-state index contributed by atoms with van der Waals surface area (Å²) in [6.07, 6.45) is -7.20. The average molecular weight is 558 g/mol. The molecule has 0 aromatic heterocycles. The first-order valence-corrected chi connectivity index (χ1v) is 13.5. The van der Waals surface area contributed by atoms with Gasteiger partial charge in [-0.05, 0) is 90.9 Å². The summed E-state index contributed by atoms with van der Waals surface area (Å²) in [6, 6.07) is 7.41. The molecular formula is C30H37F6NO2. The van der Waals surface area contributed by atoms with Crippen LogP contribution in [0.2, 0.25) is 0 Å². The molecule has 3 nitrogen and oxygen atoms in total. The number of hydrogen-bond donors (Lipinski definition) is 1. The smallest absolute Gasteiger partial charge is 0.416 e. The summed E-state index contributed by atoms with van der Waals surface area (Å²) in [6.45, 7) is 7.92. The third kappa shape index (κ3) is 7.99. The lowest BCUT2D eigenvalue weighted by atomic mass is 9.83. The average Bonchev–Trinajstić information content (AvgIpc) is 2.84. The molecule has 3 atom stereocenters. The molecule has 0 bridgehead atoms. The van der Waals surface area contributed by atoms with Crippen LogP contribution in [0.25, 0.3) is 11.1 Å². The van der Waals surface area contributed by atoms with Crippen molar-refractivity contribution in [3.63, 3.8) is 0 Å². The van der Waals surface area contributed by atoms with Gasteiger partial charge in [-0.25, -0.2) is 0 Å². The number of carboxylic acid groups (broad SMARTS) is 1. The van der Waals surface area contributed by atoms with E-state index in [2.05, 4.69) is 0 Å². The number of nitrogens with zero attached hydrogens (tertiary/aromatic N) is 1. The molecule has 1 fully saturated rings. The van der Waals surface area contributed by atoms with Crippen molar-refractivity contribution in [3.05, 3.63) is 59.2 Å². The number of aliphatic carboxylic acids is 1. The van der Waals surface area contributed by atoms with Gasteiger partial charge in [-0.1, -0.05) is 52.0 Å². The lowest BCUT2D eigenvalue weighted by Crippen LogP contribution is -2.50. The Bertz CT molecular complexity index is 1110. The largest absolute Gasteiger partial charge is 0.481 e. The molecule has 1 aliphatic heterocycles. The van der Waals surface area contributed by atoms with Gasteiger partial charge in [-0.3, -0.25) is 9.69 Å². The van der Waals surface area contributed by atoms with Gasteiger partial charge in [0.15, 0.2) is 0 Å². The lowest BCUT2D eigenvalue weighted by Gasteiger charge is -2.43. The monoisotopic (exact) mass is 557 g/mol. The van der Waals surface area contributed by atoms with E-state index in [4.69, 9.17) is 0 Å². The fourth-order valence-corrected chi connectivity index (χ4v) is 5.42. The van der Waals surface area contributed by atoms with E-state index in [1.807, 2.05) is 27.7 Å². The molecule has 3 rings (SSSR count). The number of carboxylic acids is 1. The van der Waals surface area contributed by atoms with Crippen LogP contribution in [-0.2, 0) is 11.0 Å². The fourth-order valence-electron chi connectivity index (χ4n) is 5.42. The molecule has 0 spiro atoms. The molecule has 1 saturated heterocycles. The minimum atomic E-state index is -4.51. The van der Waals surface area contributed by atoms with Gasteiger partial charge in [0.2, 0.25) is 0 Å². The summed E-state index contributed by atoms with van der Waals surface area (Å²) >= 11 is 0. The van der Waals surface area contributed by atoms with Crippen LogP contribution in [-0.4, -0.2) is 34.7 Å². The van der Waals surface area contributed by atoms with Crippen LogP contribution < -0.4 is 0 Å². The highest BCUT2D eigenvalue weighted by Crippen LogP contribution is 2.43. The highest BCUT2D eigenvalue weighted by atomic mass is 19.4. The van der Waals surface area contributed by atoms with Gasteiger partial charge >= 0.3 is 18.3 Å². The molecule has 0 radical (unpaired) electrons. The van der Waals surface area contributed by atoms with Crippen molar-refractivity contribution in [1.29, 1.82) is 0 Å². The highest BCUT2D eigenvalue weighted by Gasteiger charge is 2.47. The molecule has 9 heteroatoms. The second-order valence-corrected chi connectivity index (χ2v) is 11.4. The molecule has 1 N–H and O–H groups in total. The summed E-state index contributed by atoms with van der Waals surface area (Å²) in [5.41, 5.74) is 1.13. The van der Waals surface area contributed by atoms with Crippen LogP contribution >= 0.6 is 0 Å². The number of likely N-dealkylation sites (tertiary alicyclic amines) is 1. The van der Waals surface area contributed by atoms with Crippen molar-refractivity contribution < 1.29 is 36.2 Å². The Hall–Kier alpha value is -2.55. The van der Waals surface area contributed by atoms with Gasteiger partial charge in [0.25, 0.3) is 0 Å². The van der Waals surface area contributed by atoms with E-state index in [0.717, 1.165) is 12.1 Å². The van der Waals surface area contributed by atoms with Crippen molar-refractivity contribution in [1.82, 2.24) is 4.90 Å².